The van der Waals surface area contributed by atoms with Crippen molar-refractivity contribution in [3.8, 4) is 0 Å². The van der Waals surface area contributed by atoms with E-state index in [1.165, 1.54) is 0 Å². The van der Waals surface area contributed by atoms with Crippen LogP contribution in [0.1, 0.15) is 0 Å². The maximum Gasteiger partial charge on any atom is 0.460 e. The standard InChI is InChI=1S/C24H4F40N2O2/c25-5(1-65-3-67,2-66-4-68)6(26,27)7(28,29)8(30,31)9(32,33)10(34,35)11(36,37)12(38,39)13(40,41)14(42,43)15(44,45)16(46,47)17(48,49)18(50,51)19(52,53)20(54,55)21(56,57)22(58,59)23(60,61)24(62,63)64/h1-2H2. The molecule has 0 aromatic rings. The largest absolute Gasteiger partial charge is 0.460 e. The summed E-state index contributed by atoms with van der Waals surface area (Å²) >= 11 is 0. The lowest BCUT2D eigenvalue weighted by Crippen LogP contribution is -2.80. The third kappa shape index (κ3) is 7.35. The quantitative estimate of drug-likeness (QED) is 0.0616. The lowest BCUT2D eigenvalue weighted by Gasteiger charge is -2.47. The number of carbonyl (C=O) groups excluding carboxylic acids is 2. The normalized spacial score (nSPS) is 17.4. The van der Waals surface area contributed by atoms with Crippen LogP contribution in [0.5, 0.6) is 0 Å². The molecule has 0 heterocycles. The van der Waals surface area contributed by atoms with E-state index in [9.17, 15) is 185 Å². The fraction of sp³-hybridized carbons (Fsp3) is 0.917. The highest BCUT2D eigenvalue weighted by Gasteiger charge is 3.03. The van der Waals surface area contributed by atoms with Crippen LogP contribution in [0.2, 0.25) is 0 Å². The monoisotopic (exact) mass is 1110 g/mol. The van der Waals surface area contributed by atoms with Crippen molar-refractivity contribution in [2.24, 2.45) is 9.98 Å². The number of isocyanates is 2. The highest BCUT2D eigenvalue weighted by Crippen LogP contribution is 2.71. The van der Waals surface area contributed by atoms with Gasteiger partial charge >= 0.3 is 113 Å². The Hall–Kier alpha value is -4.04. The number of alkyl halides is 40. The van der Waals surface area contributed by atoms with E-state index < -0.39 is 132 Å². The van der Waals surface area contributed by atoms with E-state index in [-0.39, 0.29) is 12.2 Å². The van der Waals surface area contributed by atoms with Crippen LogP contribution in [0.15, 0.2) is 9.98 Å². The van der Waals surface area contributed by atoms with Gasteiger partial charge in [-0.3, -0.25) is 0 Å². The average Bonchev–Trinajstić information content (AvgIpc) is 3.14. The van der Waals surface area contributed by atoms with E-state index >= 15 is 0 Å². The van der Waals surface area contributed by atoms with Crippen LogP contribution in [0.25, 0.3) is 0 Å². The van der Waals surface area contributed by atoms with Gasteiger partial charge in [0.25, 0.3) is 0 Å². The predicted octanol–water partition coefficient (Wildman–Crippen LogP) is 12.4. The second-order valence-electron chi connectivity index (χ2n) is 12.6. The van der Waals surface area contributed by atoms with Gasteiger partial charge in [-0.1, -0.05) is 0 Å². The Morgan fingerprint density at radius 3 is 0.441 bits per heavy atom. The van der Waals surface area contributed by atoms with Crippen LogP contribution in [-0.4, -0.2) is 144 Å². The highest BCUT2D eigenvalue weighted by atomic mass is 19.4. The molecule has 44 heteroatoms. The second-order valence-corrected chi connectivity index (χ2v) is 12.6. The Morgan fingerprint density at radius 1 is 0.206 bits per heavy atom. The molecule has 0 spiro atoms. The summed E-state index contributed by atoms with van der Waals surface area (Å²) in [7, 11) is 0. The molecule has 0 fully saturated rings. The molecule has 68 heavy (non-hydrogen) atoms. The number of hydrogen-bond acceptors (Lipinski definition) is 4. The summed E-state index contributed by atoms with van der Waals surface area (Å²) in [5, 5.41) is 0. The summed E-state index contributed by atoms with van der Waals surface area (Å²) < 4.78 is 553. The van der Waals surface area contributed by atoms with Crippen molar-refractivity contribution in [1.29, 1.82) is 0 Å². The first-order valence-electron chi connectivity index (χ1n) is 14.5. The smallest absolute Gasteiger partial charge is 0.233 e. The molecule has 0 atom stereocenters. The molecule has 4 nitrogen and oxygen atoms in total. The van der Waals surface area contributed by atoms with Crippen LogP contribution in [0, 0.1) is 0 Å². The van der Waals surface area contributed by atoms with Gasteiger partial charge < -0.3 is 0 Å². The van der Waals surface area contributed by atoms with Crippen molar-refractivity contribution in [2.75, 3.05) is 13.1 Å². The van der Waals surface area contributed by atoms with E-state index in [1.807, 2.05) is 0 Å². The zero-order valence-corrected chi connectivity index (χ0v) is 29.2. The van der Waals surface area contributed by atoms with Gasteiger partial charge in [-0.05, 0) is 0 Å². The maximum atomic E-state index is 14.6. The summed E-state index contributed by atoms with van der Waals surface area (Å²) in [5.74, 6) is -181. The summed E-state index contributed by atoms with van der Waals surface area (Å²) in [6.45, 7) is -6.63. The van der Waals surface area contributed by atoms with Gasteiger partial charge in [-0.25, -0.2) is 24.0 Å². The Balaban J connectivity index is 8.07. The predicted molar refractivity (Wildman–Crippen MR) is 125 cm³/mol. The van der Waals surface area contributed by atoms with Crippen LogP contribution in [0.3, 0.4) is 0 Å². The fourth-order valence-electron chi connectivity index (χ4n) is 4.18. The highest BCUT2D eigenvalue weighted by molar-refractivity contribution is 5.35. The van der Waals surface area contributed by atoms with E-state index in [2.05, 4.69) is 0 Å². The first-order chi connectivity index (χ1) is 28.9. The van der Waals surface area contributed by atoms with Gasteiger partial charge in [-0.15, -0.1) is 0 Å². The van der Waals surface area contributed by atoms with Crippen molar-refractivity contribution < 1.29 is 185 Å². The summed E-state index contributed by atoms with van der Waals surface area (Å²) in [6, 6.07) is 0. The minimum absolute atomic E-state index is 0.157. The van der Waals surface area contributed by atoms with Gasteiger partial charge in [0.05, 0.1) is 13.1 Å². The molecule has 0 bridgehead atoms. The van der Waals surface area contributed by atoms with Gasteiger partial charge in [0.2, 0.25) is 17.8 Å². The molecule has 0 aromatic heterocycles. The number of nitrogens with zero attached hydrogens (tertiary/aromatic N) is 2. The average molecular weight is 1110 g/mol. The van der Waals surface area contributed by atoms with Gasteiger partial charge in [0.1, 0.15) is 0 Å². The number of hydrogen-bond donors (Lipinski definition) is 0. The lowest BCUT2D eigenvalue weighted by atomic mass is 9.81. The molecule has 0 saturated carbocycles. The zero-order chi connectivity index (χ0) is 56.2. The fourth-order valence-corrected chi connectivity index (χ4v) is 4.18. The summed E-state index contributed by atoms with van der Waals surface area (Å²) in [6.07, 6.45) is -8.85. The Labute approximate surface area is 340 Å². The molecule has 0 aliphatic rings. The number of rotatable bonds is 22. The number of halogens is 40. The van der Waals surface area contributed by atoms with Crippen molar-refractivity contribution >= 4 is 12.2 Å². The van der Waals surface area contributed by atoms with Gasteiger partial charge in [0.15, 0.2) is 0 Å². The van der Waals surface area contributed by atoms with Crippen molar-refractivity contribution in [1.82, 2.24) is 0 Å². The molecule has 0 saturated heterocycles. The minimum Gasteiger partial charge on any atom is -0.233 e. The molecule has 402 valence electrons. The topological polar surface area (TPSA) is 58.9 Å². The van der Waals surface area contributed by atoms with Crippen molar-refractivity contribution in [2.45, 2.75) is 118 Å². The van der Waals surface area contributed by atoms with Crippen LogP contribution >= 0.6 is 0 Å². The Kier molecular flexibility index (Phi) is 15.3. The molecule has 0 unspecified atom stereocenters. The number of aliphatic imine (C=N–C) groups is 2. The molecule has 0 aromatic carbocycles. The third-order valence-corrected chi connectivity index (χ3v) is 8.41. The first-order valence-corrected chi connectivity index (χ1v) is 14.5. The summed E-state index contributed by atoms with van der Waals surface area (Å²) in [5.41, 5.74) is -6.29. The Morgan fingerprint density at radius 2 is 0.324 bits per heavy atom. The van der Waals surface area contributed by atoms with Crippen molar-refractivity contribution in [3.05, 3.63) is 0 Å². The molecule has 0 radical (unpaired) electrons. The molecule has 0 aliphatic heterocycles. The molecule has 0 amide bonds. The van der Waals surface area contributed by atoms with E-state index in [0.29, 0.717) is 0 Å². The van der Waals surface area contributed by atoms with Gasteiger partial charge in [-0.2, -0.15) is 171 Å². The lowest BCUT2D eigenvalue weighted by molar-refractivity contribution is -0.495. The van der Waals surface area contributed by atoms with Crippen molar-refractivity contribution in [3.63, 3.8) is 0 Å². The molecular weight excluding hydrogens is 1110 g/mol. The zero-order valence-electron chi connectivity index (χ0n) is 29.2. The minimum atomic E-state index is -10.6. The molecule has 0 rings (SSSR count). The van der Waals surface area contributed by atoms with Crippen LogP contribution < -0.4 is 0 Å². The van der Waals surface area contributed by atoms with E-state index in [0.717, 1.165) is 0 Å². The van der Waals surface area contributed by atoms with Gasteiger partial charge in [0, 0.05) is 0 Å². The second kappa shape index (κ2) is 16.2. The SMILES string of the molecule is O=C=NCC(F)(CN=C=O)C(F)(F)C(F)(F)C(F)(F)C(F)(F)C(F)(F)C(F)(F)C(F)(F)C(F)(F)C(F)(F)C(F)(F)C(F)(F)C(F)(F)C(F)(F)C(F)(F)C(F)(F)C(F)(F)C(F)(F)C(F)(F)C(F)(F)F. The Bertz CT molecular complexity index is 1930. The molecule has 0 N–H and O–H groups in total. The van der Waals surface area contributed by atoms with Crippen LogP contribution in [0.4, 0.5) is 176 Å². The molecular formula is C24H4F40N2O2. The van der Waals surface area contributed by atoms with E-state index in [4.69, 9.17) is 0 Å². The summed E-state index contributed by atoms with van der Waals surface area (Å²) in [4.78, 5) is 23.2. The first kappa shape index (κ1) is 64.0. The van der Waals surface area contributed by atoms with E-state index in [1.54, 1.807) is 9.98 Å². The third-order valence-electron chi connectivity index (χ3n) is 8.41. The maximum absolute atomic E-state index is 14.6. The molecule has 0 aliphatic carbocycles. The van der Waals surface area contributed by atoms with Crippen LogP contribution in [-0.2, 0) is 9.59 Å².